The first-order chi connectivity index (χ1) is 8.40. The smallest absolute Gasteiger partial charge is 0.0994 e. The quantitative estimate of drug-likeness (QED) is 0.655. The maximum atomic E-state index is 9.30. The van der Waals surface area contributed by atoms with Gasteiger partial charge in [-0.1, -0.05) is 30.7 Å². The number of nitriles is 1. The average Bonchev–Trinajstić information content (AvgIpc) is 2.94. The molecule has 0 unspecified atom stereocenters. The Balaban J connectivity index is 2.17. The third-order valence-electron chi connectivity index (χ3n) is 4.52. The molecule has 1 fully saturated rings. The molecule has 2 aromatic carbocycles. The molecule has 2 aliphatic rings. The number of benzene rings is 2. The second kappa shape index (κ2) is 3.11. The third-order valence-corrected chi connectivity index (χ3v) is 4.52. The van der Waals surface area contributed by atoms with E-state index in [0.29, 0.717) is 11.8 Å². The molecule has 0 aliphatic heterocycles. The maximum absolute atomic E-state index is 9.30. The standard InChI is InChI=1S/C16H13N/c17-9-11-8-7-10-3-1-5-13-12-4-2-6-14(12)16(11)15(10)13/h1,3,5,7-8,12,14H,2,4,6H2/t12-,14-/m1/s1. The molecule has 0 spiro atoms. The highest BCUT2D eigenvalue weighted by molar-refractivity contribution is 5.94. The van der Waals surface area contributed by atoms with Crippen molar-refractivity contribution in [3.63, 3.8) is 0 Å². The van der Waals surface area contributed by atoms with Crippen molar-refractivity contribution in [1.82, 2.24) is 0 Å². The fourth-order valence-electron chi connectivity index (χ4n) is 3.91. The zero-order valence-electron chi connectivity index (χ0n) is 9.61. The summed E-state index contributed by atoms with van der Waals surface area (Å²) in [6.07, 6.45) is 3.86. The van der Waals surface area contributed by atoms with Gasteiger partial charge in [0, 0.05) is 0 Å². The van der Waals surface area contributed by atoms with Gasteiger partial charge in [-0.3, -0.25) is 0 Å². The SMILES string of the molecule is N#Cc1ccc2cccc3c2c1[C@@H]1CCC[C@H]31. The van der Waals surface area contributed by atoms with Crippen molar-refractivity contribution in [1.29, 1.82) is 5.26 Å². The van der Waals surface area contributed by atoms with Crippen molar-refractivity contribution in [2.24, 2.45) is 0 Å². The van der Waals surface area contributed by atoms with Crippen LogP contribution in [0.15, 0.2) is 30.3 Å². The Morgan fingerprint density at radius 2 is 1.94 bits per heavy atom. The zero-order valence-corrected chi connectivity index (χ0v) is 9.61. The molecule has 0 bridgehead atoms. The van der Waals surface area contributed by atoms with Gasteiger partial charge < -0.3 is 0 Å². The normalized spacial score (nSPS) is 24.9. The number of fused-ring (bicyclic) bond motifs is 3. The van der Waals surface area contributed by atoms with Crippen LogP contribution in [-0.4, -0.2) is 0 Å². The summed E-state index contributed by atoms with van der Waals surface area (Å²) >= 11 is 0. The van der Waals surface area contributed by atoms with Gasteiger partial charge in [0.2, 0.25) is 0 Å². The van der Waals surface area contributed by atoms with Crippen LogP contribution in [0.25, 0.3) is 10.8 Å². The van der Waals surface area contributed by atoms with Gasteiger partial charge in [0.1, 0.15) is 0 Å². The second-order valence-electron chi connectivity index (χ2n) is 5.23. The largest absolute Gasteiger partial charge is 0.192 e. The van der Waals surface area contributed by atoms with Gasteiger partial charge in [-0.2, -0.15) is 5.26 Å². The van der Waals surface area contributed by atoms with Gasteiger partial charge >= 0.3 is 0 Å². The van der Waals surface area contributed by atoms with Crippen LogP contribution in [0.1, 0.15) is 47.8 Å². The molecular weight excluding hydrogens is 206 g/mol. The van der Waals surface area contributed by atoms with E-state index in [1.165, 1.54) is 41.2 Å². The van der Waals surface area contributed by atoms with Crippen molar-refractivity contribution < 1.29 is 0 Å². The lowest BCUT2D eigenvalue weighted by molar-refractivity contribution is 0.654. The van der Waals surface area contributed by atoms with Crippen LogP contribution in [0.4, 0.5) is 0 Å². The minimum atomic E-state index is 0.616. The highest BCUT2D eigenvalue weighted by Crippen LogP contribution is 2.55. The monoisotopic (exact) mass is 219 g/mol. The zero-order chi connectivity index (χ0) is 11.4. The maximum Gasteiger partial charge on any atom is 0.0994 e. The lowest BCUT2D eigenvalue weighted by Crippen LogP contribution is -1.97. The molecule has 2 atom stereocenters. The molecular formula is C16H13N. The summed E-state index contributed by atoms with van der Waals surface area (Å²) in [6.45, 7) is 0. The summed E-state index contributed by atoms with van der Waals surface area (Å²) in [4.78, 5) is 0. The number of nitrogens with zero attached hydrogens (tertiary/aromatic N) is 1. The Labute approximate surface area is 101 Å². The molecule has 0 amide bonds. The predicted octanol–water partition coefficient (Wildman–Crippen LogP) is 4.08. The molecule has 1 nitrogen and oxygen atoms in total. The minimum absolute atomic E-state index is 0.616. The molecule has 0 aromatic heterocycles. The number of hydrogen-bond acceptors (Lipinski definition) is 1. The first-order valence-corrected chi connectivity index (χ1v) is 6.36. The summed E-state index contributed by atoms with van der Waals surface area (Å²) in [5.41, 5.74) is 3.75. The molecule has 0 heterocycles. The molecule has 1 heteroatoms. The first-order valence-electron chi connectivity index (χ1n) is 6.36. The van der Waals surface area contributed by atoms with E-state index in [9.17, 15) is 5.26 Å². The van der Waals surface area contributed by atoms with Crippen LogP contribution in [0, 0.1) is 11.3 Å². The van der Waals surface area contributed by atoms with E-state index in [-0.39, 0.29) is 0 Å². The first kappa shape index (κ1) is 9.24. The van der Waals surface area contributed by atoms with E-state index < -0.39 is 0 Å². The molecule has 17 heavy (non-hydrogen) atoms. The summed E-state index contributed by atoms with van der Waals surface area (Å²) in [5.74, 6) is 1.30. The van der Waals surface area contributed by atoms with Crippen LogP contribution in [0.5, 0.6) is 0 Å². The molecule has 0 saturated heterocycles. The molecule has 2 aliphatic carbocycles. The second-order valence-corrected chi connectivity index (χ2v) is 5.23. The highest BCUT2D eigenvalue weighted by Gasteiger charge is 2.38. The van der Waals surface area contributed by atoms with E-state index in [1.807, 2.05) is 6.07 Å². The van der Waals surface area contributed by atoms with Crippen LogP contribution in [0.2, 0.25) is 0 Å². The van der Waals surface area contributed by atoms with Gasteiger partial charge in [0.05, 0.1) is 11.6 Å². The van der Waals surface area contributed by atoms with Crippen molar-refractivity contribution in [2.45, 2.75) is 31.1 Å². The summed E-state index contributed by atoms with van der Waals surface area (Å²) in [7, 11) is 0. The Bertz CT molecular complexity index is 663. The fraction of sp³-hybridized carbons (Fsp3) is 0.312. The number of hydrogen-bond donors (Lipinski definition) is 0. The van der Waals surface area contributed by atoms with Crippen molar-refractivity contribution >= 4 is 10.8 Å². The van der Waals surface area contributed by atoms with Gasteiger partial charge in [0.25, 0.3) is 0 Å². The Kier molecular flexibility index (Phi) is 1.69. The minimum Gasteiger partial charge on any atom is -0.192 e. The van der Waals surface area contributed by atoms with Crippen LogP contribution >= 0.6 is 0 Å². The Morgan fingerprint density at radius 3 is 2.82 bits per heavy atom. The van der Waals surface area contributed by atoms with Crippen LogP contribution in [-0.2, 0) is 0 Å². The fourth-order valence-corrected chi connectivity index (χ4v) is 3.91. The van der Waals surface area contributed by atoms with Crippen LogP contribution in [0.3, 0.4) is 0 Å². The van der Waals surface area contributed by atoms with Gasteiger partial charge in [-0.25, -0.2) is 0 Å². The van der Waals surface area contributed by atoms with Crippen molar-refractivity contribution in [3.8, 4) is 6.07 Å². The van der Waals surface area contributed by atoms with Gasteiger partial charge in [0.15, 0.2) is 0 Å². The summed E-state index contributed by atoms with van der Waals surface area (Å²) in [6, 6.07) is 13.1. The topological polar surface area (TPSA) is 23.8 Å². The van der Waals surface area contributed by atoms with E-state index >= 15 is 0 Å². The third kappa shape index (κ3) is 1.03. The molecule has 0 N–H and O–H groups in total. The lowest BCUT2D eigenvalue weighted by atomic mass is 9.91. The van der Waals surface area contributed by atoms with Crippen LogP contribution < -0.4 is 0 Å². The predicted molar refractivity (Wildman–Crippen MR) is 68.0 cm³/mol. The van der Waals surface area contributed by atoms with E-state index in [1.54, 1.807) is 0 Å². The van der Waals surface area contributed by atoms with Crippen molar-refractivity contribution in [3.05, 3.63) is 47.0 Å². The van der Waals surface area contributed by atoms with E-state index in [2.05, 4.69) is 30.3 Å². The lowest BCUT2D eigenvalue weighted by Gasteiger charge is -2.11. The van der Waals surface area contributed by atoms with Gasteiger partial charge in [-0.15, -0.1) is 0 Å². The summed E-state index contributed by atoms with van der Waals surface area (Å²) < 4.78 is 0. The highest BCUT2D eigenvalue weighted by atomic mass is 14.4. The number of rotatable bonds is 0. The molecule has 1 saturated carbocycles. The Hall–Kier alpha value is -1.81. The Morgan fingerprint density at radius 1 is 1.06 bits per heavy atom. The summed E-state index contributed by atoms with van der Waals surface area (Å²) in [5, 5.41) is 12.0. The molecule has 0 radical (unpaired) electrons. The van der Waals surface area contributed by atoms with Crippen molar-refractivity contribution in [2.75, 3.05) is 0 Å². The van der Waals surface area contributed by atoms with E-state index in [0.717, 1.165) is 5.56 Å². The van der Waals surface area contributed by atoms with Gasteiger partial charge in [-0.05, 0) is 52.6 Å². The molecule has 2 aromatic rings. The van der Waals surface area contributed by atoms with E-state index in [4.69, 9.17) is 0 Å². The average molecular weight is 219 g/mol. The molecule has 4 rings (SSSR count). The molecule has 82 valence electrons.